The first-order valence-electron chi connectivity index (χ1n) is 11.7. The summed E-state index contributed by atoms with van der Waals surface area (Å²) in [7, 11) is 0. The summed E-state index contributed by atoms with van der Waals surface area (Å²) in [6.07, 6.45) is 2.15. The molecule has 0 unspecified atom stereocenters. The number of ether oxygens (including phenoxy) is 2. The maximum absolute atomic E-state index is 14.7. The molecular weight excluding hydrogens is 434 g/mol. The van der Waals surface area contributed by atoms with Crippen LogP contribution in [0, 0.1) is 29.5 Å². The van der Waals surface area contributed by atoms with Crippen molar-refractivity contribution in [2.24, 2.45) is 23.7 Å². The van der Waals surface area contributed by atoms with Gasteiger partial charge in [-0.05, 0) is 68.4 Å². The molecule has 0 aromatic heterocycles. The van der Waals surface area contributed by atoms with Crippen molar-refractivity contribution in [2.45, 2.75) is 90.0 Å². The van der Waals surface area contributed by atoms with Crippen molar-refractivity contribution >= 4 is 0 Å². The lowest BCUT2D eigenvalue weighted by atomic mass is 9.68. The van der Waals surface area contributed by atoms with E-state index in [1.54, 1.807) is 0 Å². The van der Waals surface area contributed by atoms with Crippen molar-refractivity contribution in [1.82, 2.24) is 0 Å². The van der Waals surface area contributed by atoms with Gasteiger partial charge < -0.3 is 9.47 Å². The molecule has 2 nitrogen and oxygen atoms in total. The predicted molar refractivity (Wildman–Crippen MR) is 109 cm³/mol. The first kappa shape index (κ1) is 25.0. The molecule has 3 rings (SSSR count). The summed E-state index contributed by atoms with van der Waals surface area (Å²) < 4.78 is 88.1. The van der Waals surface area contributed by atoms with Gasteiger partial charge in [-0.2, -0.15) is 8.78 Å². The molecule has 2 saturated carbocycles. The van der Waals surface area contributed by atoms with Crippen LogP contribution in [-0.4, -0.2) is 12.5 Å². The summed E-state index contributed by atoms with van der Waals surface area (Å²) in [4.78, 5) is 0. The van der Waals surface area contributed by atoms with Gasteiger partial charge in [-0.1, -0.05) is 39.0 Å². The van der Waals surface area contributed by atoms with Crippen LogP contribution in [0.1, 0.15) is 77.6 Å². The molecule has 0 radical (unpaired) electrons. The minimum atomic E-state index is -5.07. The molecule has 8 heteroatoms. The van der Waals surface area contributed by atoms with E-state index in [1.165, 1.54) is 44.9 Å². The summed E-state index contributed by atoms with van der Waals surface area (Å²) in [5, 5.41) is 0. The van der Waals surface area contributed by atoms with Gasteiger partial charge in [0.15, 0.2) is 11.6 Å². The predicted octanol–water partition coefficient (Wildman–Crippen LogP) is 8.50. The Morgan fingerprint density at radius 2 is 1.44 bits per heavy atom. The number of hydrogen-bond acceptors (Lipinski definition) is 2. The first-order chi connectivity index (χ1) is 15.1. The van der Waals surface area contributed by atoms with Gasteiger partial charge >= 0.3 is 12.5 Å². The van der Waals surface area contributed by atoms with Gasteiger partial charge in [0, 0.05) is 6.07 Å². The Balaban J connectivity index is 1.49. The monoisotopic (exact) mass is 466 g/mol. The third-order valence-electron chi connectivity index (χ3n) is 7.15. The highest BCUT2D eigenvalue weighted by molar-refractivity contribution is 5.33. The molecule has 2 aliphatic rings. The Morgan fingerprint density at radius 1 is 0.844 bits per heavy atom. The second-order valence-corrected chi connectivity index (χ2v) is 9.34. The van der Waals surface area contributed by atoms with E-state index in [1.807, 2.05) is 0 Å². The Labute approximate surface area is 185 Å². The minimum absolute atomic E-state index is 0.325. The largest absolute Gasteiger partial charge is 0.573 e. The van der Waals surface area contributed by atoms with Crippen LogP contribution >= 0.6 is 0 Å². The molecule has 0 spiro atoms. The van der Waals surface area contributed by atoms with Crippen LogP contribution in [0.4, 0.5) is 26.3 Å². The van der Waals surface area contributed by atoms with Crippen LogP contribution in [0.2, 0.25) is 0 Å². The van der Waals surface area contributed by atoms with Crippen LogP contribution < -0.4 is 9.47 Å². The Kier molecular flexibility index (Phi) is 8.26. The van der Waals surface area contributed by atoms with Crippen LogP contribution in [0.5, 0.6) is 11.5 Å². The fraction of sp³-hybridized carbons (Fsp3) is 0.750. The van der Waals surface area contributed by atoms with Crippen molar-refractivity contribution < 1.29 is 35.8 Å². The molecule has 0 amide bonds. The molecule has 0 N–H and O–H groups in total. The van der Waals surface area contributed by atoms with E-state index in [0.29, 0.717) is 36.8 Å². The van der Waals surface area contributed by atoms with E-state index < -0.39 is 35.7 Å². The Hall–Kier alpha value is -1.60. The third kappa shape index (κ3) is 6.95. The highest BCUT2D eigenvalue weighted by Gasteiger charge is 2.45. The van der Waals surface area contributed by atoms with Crippen LogP contribution in [0.25, 0.3) is 0 Å². The zero-order valence-corrected chi connectivity index (χ0v) is 18.4. The van der Waals surface area contributed by atoms with Crippen molar-refractivity contribution in [1.29, 1.82) is 0 Å². The SMILES string of the molecule is CCCCC1CCC(C2CCC(C(F)(F)Oc3ccc(OC(F)(F)F)c(F)c3)CC2)CC1. The average Bonchev–Trinajstić information content (AvgIpc) is 2.74. The van der Waals surface area contributed by atoms with E-state index in [2.05, 4.69) is 11.7 Å². The number of alkyl halides is 5. The molecule has 0 heterocycles. The minimum Gasteiger partial charge on any atom is -0.432 e. The van der Waals surface area contributed by atoms with Gasteiger partial charge in [-0.15, -0.1) is 13.2 Å². The number of rotatable bonds is 8. The molecule has 0 bridgehead atoms. The van der Waals surface area contributed by atoms with E-state index in [9.17, 15) is 26.3 Å². The number of hydrogen-bond donors (Lipinski definition) is 0. The highest BCUT2D eigenvalue weighted by atomic mass is 19.4. The first-order valence-corrected chi connectivity index (χ1v) is 11.7. The lowest BCUT2D eigenvalue weighted by Crippen LogP contribution is -2.38. The molecule has 32 heavy (non-hydrogen) atoms. The highest BCUT2D eigenvalue weighted by Crippen LogP contribution is 2.46. The van der Waals surface area contributed by atoms with E-state index in [-0.39, 0.29) is 0 Å². The summed E-state index contributed by atoms with van der Waals surface area (Å²) in [5.74, 6) is -2.12. The second kappa shape index (κ2) is 10.6. The van der Waals surface area contributed by atoms with Crippen molar-refractivity contribution in [3.8, 4) is 11.5 Å². The maximum Gasteiger partial charge on any atom is 0.573 e. The lowest BCUT2D eigenvalue weighted by molar-refractivity contribution is -0.275. The molecule has 182 valence electrons. The van der Waals surface area contributed by atoms with Gasteiger partial charge in [-0.3, -0.25) is 0 Å². The van der Waals surface area contributed by atoms with E-state index in [4.69, 9.17) is 4.74 Å². The molecule has 0 aliphatic heterocycles. The fourth-order valence-corrected chi connectivity index (χ4v) is 5.36. The zero-order chi connectivity index (χ0) is 23.4. The smallest absolute Gasteiger partial charge is 0.432 e. The quantitative estimate of drug-likeness (QED) is 0.358. The second-order valence-electron chi connectivity index (χ2n) is 9.34. The standard InChI is InChI=1S/C24H32F6O2/c1-2-3-4-16-5-7-17(8-6-16)18-9-11-19(12-10-18)23(26,27)31-20-13-14-22(21(25)15-20)32-24(28,29)30/h13-19H,2-12H2,1H3. The zero-order valence-electron chi connectivity index (χ0n) is 18.4. The molecule has 1 aromatic carbocycles. The van der Waals surface area contributed by atoms with Crippen LogP contribution in [0.15, 0.2) is 18.2 Å². The molecular formula is C24H32F6O2. The van der Waals surface area contributed by atoms with E-state index in [0.717, 1.165) is 24.8 Å². The van der Waals surface area contributed by atoms with Crippen molar-refractivity contribution in [2.75, 3.05) is 0 Å². The molecule has 1 aromatic rings. The number of benzene rings is 1. The Bertz CT molecular complexity index is 720. The molecule has 0 atom stereocenters. The third-order valence-corrected chi connectivity index (χ3v) is 7.15. The van der Waals surface area contributed by atoms with Gasteiger partial charge in [-0.25, -0.2) is 4.39 Å². The fourth-order valence-electron chi connectivity index (χ4n) is 5.36. The van der Waals surface area contributed by atoms with Gasteiger partial charge in [0.25, 0.3) is 0 Å². The maximum atomic E-state index is 14.7. The summed E-state index contributed by atoms with van der Waals surface area (Å²) in [6, 6.07) is 2.00. The van der Waals surface area contributed by atoms with Crippen LogP contribution in [-0.2, 0) is 0 Å². The van der Waals surface area contributed by atoms with E-state index >= 15 is 0 Å². The van der Waals surface area contributed by atoms with Gasteiger partial charge in [0.2, 0.25) is 0 Å². The van der Waals surface area contributed by atoms with Gasteiger partial charge in [0.05, 0.1) is 5.92 Å². The van der Waals surface area contributed by atoms with Crippen molar-refractivity contribution in [3.63, 3.8) is 0 Å². The lowest BCUT2D eigenvalue weighted by Gasteiger charge is -2.39. The normalized spacial score (nSPS) is 27.2. The number of unbranched alkanes of at least 4 members (excludes halogenated alkanes) is 1. The van der Waals surface area contributed by atoms with Crippen molar-refractivity contribution in [3.05, 3.63) is 24.0 Å². The molecule has 0 saturated heterocycles. The molecule has 2 aliphatic carbocycles. The average molecular weight is 467 g/mol. The summed E-state index contributed by atoms with van der Waals surface area (Å²) >= 11 is 0. The molecule has 2 fully saturated rings. The summed E-state index contributed by atoms with van der Waals surface area (Å²) in [6.45, 7) is 2.21. The summed E-state index contributed by atoms with van der Waals surface area (Å²) in [5.41, 5.74) is 0. The number of halogens is 6. The topological polar surface area (TPSA) is 18.5 Å². The van der Waals surface area contributed by atoms with Gasteiger partial charge in [0.1, 0.15) is 5.75 Å². The van der Waals surface area contributed by atoms with Crippen LogP contribution in [0.3, 0.4) is 0 Å². The Morgan fingerprint density at radius 3 is 1.97 bits per heavy atom.